The zero-order valence-corrected chi connectivity index (χ0v) is 20.7. The highest BCUT2D eigenvalue weighted by Crippen LogP contribution is 2.24. The van der Waals surface area contributed by atoms with Gasteiger partial charge in [0.05, 0.1) is 18.8 Å². The quantitative estimate of drug-likeness (QED) is 0.299. The van der Waals surface area contributed by atoms with Gasteiger partial charge in [-0.1, -0.05) is 67.8 Å². The summed E-state index contributed by atoms with van der Waals surface area (Å²) in [6, 6.07) is 25.3. The van der Waals surface area contributed by atoms with Gasteiger partial charge >= 0.3 is 0 Å². The van der Waals surface area contributed by atoms with Crippen molar-refractivity contribution in [2.24, 2.45) is 0 Å². The Morgan fingerprint density at radius 1 is 0.861 bits per heavy atom. The first kappa shape index (κ1) is 25.3. The minimum absolute atomic E-state index is 0.0862. The number of nitrogens with one attached hydrogen (secondary N) is 3. The predicted octanol–water partition coefficient (Wildman–Crippen LogP) is 5.81. The van der Waals surface area contributed by atoms with Crippen molar-refractivity contribution in [2.75, 3.05) is 23.8 Å². The van der Waals surface area contributed by atoms with E-state index < -0.39 is 0 Å². The minimum Gasteiger partial charge on any atom is -0.491 e. The monoisotopic (exact) mass is 485 g/mol. The largest absolute Gasteiger partial charge is 0.491 e. The second-order valence-electron chi connectivity index (χ2n) is 9.22. The average molecular weight is 486 g/mol. The number of carbonyl (C=O) groups excluding carboxylic acids is 2. The lowest BCUT2D eigenvalue weighted by Gasteiger charge is -2.22. The van der Waals surface area contributed by atoms with Crippen LogP contribution >= 0.6 is 0 Å². The van der Waals surface area contributed by atoms with E-state index in [1.165, 1.54) is 12.0 Å². The summed E-state index contributed by atoms with van der Waals surface area (Å²) in [5.41, 5.74) is 3.22. The van der Waals surface area contributed by atoms with Gasteiger partial charge in [0.2, 0.25) is 5.91 Å². The lowest BCUT2D eigenvalue weighted by atomic mass is 9.95. The van der Waals surface area contributed by atoms with Crippen LogP contribution in [0.15, 0.2) is 78.9 Å². The highest BCUT2D eigenvalue weighted by Gasteiger charge is 2.17. The second kappa shape index (κ2) is 13.3. The number of para-hydroxylation sites is 2. The van der Waals surface area contributed by atoms with Gasteiger partial charge in [-0.15, -0.1) is 0 Å². The molecule has 0 heterocycles. The number of benzene rings is 3. The summed E-state index contributed by atoms with van der Waals surface area (Å²) < 4.78 is 5.98. The first-order chi connectivity index (χ1) is 17.7. The van der Waals surface area contributed by atoms with Gasteiger partial charge in [-0.2, -0.15) is 0 Å². The standard InChI is InChI=1S/C30H35N3O3/c34-29(32-26-17-9-14-24(21-26)30(35)33-25-15-5-2-6-16-25)22-31-27-18-7-8-19-28(27)36-20-10-13-23-11-3-1-4-12-23/h1,3-4,7-9,11-12,14,17-19,21,25,31H,2,5-6,10,13,15-16,20,22H2,(H,32,34)(H,33,35). The molecule has 3 N–H and O–H groups in total. The van der Waals surface area contributed by atoms with Gasteiger partial charge in [-0.25, -0.2) is 0 Å². The van der Waals surface area contributed by atoms with E-state index in [0.29, 0.717) is 17.9 Å². The van der Waals surface area contributed by atoms with E-state index in [-0.39, 0.29) is 24.4 Å². The lowest BCUT2D eigenvalue weighted by Crippen LogP contribution is -2.36. The number of aryl methyl sites for hydroxylation is 1. The Kier molecular flexibility index (Phi) is 9.37. The van der Waals surface area contributed by atoms with Crippen LogP contribution in [0.2, 0.25) is 0 Å². The smallest absolute Gasteiger partial charge is 0.251 e. The Bertz CT molecular complexity index is 1130. The average Bonchev–Trinajstić information content (AvgIpc) is 2.92. The van der Waals surface area contributed by atoms with Crippen molar-refractivity contribution >= 4 is 23.2 Å². The molecule has 4 rings (SSSR count). The summed E-state index contributed by atoms with van der Waals surface area (Å²) in [5, 5.41) is 9.17. The van der Waals surface area contributed by atoms with E-state index in [0.717, 1.165) is 50.0 Å². The molecule has 0 unspecified atom stereocenters. The molecule has 2 amide bonds. The van der Waals surface area contributed by atoms with Gasteiger partial charge < -0.3 is 20.7 Å². The number of anilines is 2. The molecule has 0 aromatic heterocycles. The summed E-state index contributed by atoms with van der Waals surface area (Å²) in [6.07, 6.45) is 7.50. The maximum atomic E-state index is 12.6. The van der Waals surface area contributed by atoms with E-state index >= 15 is 0 Å². The summed E-state index contributed by atoms with van der Waals surface area (Å²) in [6.45, 7) is 0.679. The Hall–Kier alpha value is -3.80. The molecule has 0 saturated heterocycles. The highest BCUT2D eigenvalue weighted by atomic mass is 16.5. The number of carbonyl (C=O) groups is 2. The van der Waals surface area contributed by atoms with Crippen LogP contribution in [0.5, 0.6) is 5.75 Å². The van der Waals surface area contributed by atoms with Crippen molar-refractivity contribution in [2.45, 2.75) is 51.0 Å². The molecule has 6 nitrogen and oxygen atoms in total. The van der Waals surface area contributed by atoms with Crippen molar-refractivity contribution in [1.82, 2.24) is 5.32 Å². The SMILES string of the molecule is O=C(CNc1ccccc1OCCCc1ccccc1)Nc1cccc(C(=O)NC2CCCCC2)c1. The van der Waals surface area contributed by atoms with Crippen LogP contribution in [0, 0.1) is 0 Å². The first-order valence-corrected chi connectivity index (χ1v) is 12.9. The van der Waals surface area contributed by atoms with E-state index in [1.807, 2.05) is 42.5 Å². The Morgan fingerprint density at radius 3 is 2.47 bits per heavy atom. The minimum atomic E-state index is -0.196. The van der Waals surface area contributed by atoms with Crippen molar-refractivity contribution in [3.8, 4) is 5.75 Å². The third kappa shape index (κ3) is 7.87. The highest BCUT2D eigenvalue weighted by molar-refractivity contribution is 5.98. The number of ether oxygens (including phenoxy) is 1. The van der Waals surface area contributed by atoms with E-state index in [4.69, 9.17) is 4.74 Å². The number of hydrogen-bond acceptors (Lipinski definition) is 4. The van der Waals surface area contributed by atoms with Gasteiger partial charge in [-0.05, 0) is 61.6 Å². The maximum absolute atomic E-state index is 12.6. The normalized spacial score (nSPS) is 13.6. The van der Waals surface area contributed by atoms with Crippen LogP contribution in [0.1, 0.15) is 54.4 Å². The van der Waals surface area contributed by atoms with Gasteiger partial charge in [0, 0.05) is 17.3 Å². The third-order valence-corrected chi connectivity index (χ3v) is 6.39. The van der Waals surface area contributed by atoms with Crippen molar-refractivity contribution in [3.05, 3.63) is 90.0 Å². The second-order valence-corrected chi connectivity index (χ2v) is 9.22. The topological polar surface area (TPSA) is 79.5 Å². The Morgan fingerprint density at radius 2 is 1.64 bits per heavy atom. The molecular weight excluding hydrogens is 450 g/mol. The zero-order valence-electron chi connectivity index (χ0n) is 20.7. The molecule has 6 heteroatoms. The Balaban J connectivity index is 1.24. The van der Waals surface area contributed by atoms with Gasteiger partial charge in [-0.3, -0.25) is 9.59 Å². The van der Waals surface area contributed by atoms with E-state index in [2.05, 4.69) is 28.1 Å². The van der Waals surface area contributed by atoms with Crippen LogP contribution in [0.25, 0.3) is 0 Å². The molecule has 188 valence electrons. The third-order valence-electron chi connectivity index (χ3n) is 6.39. The van der Waals surface area contributed by atoms with Crippen LogP contribution in [0.3, 0.4) is 0 Å². The van der Waals surface area contributed by atoms with E-state index in [1.54, 1.807) is 24.3 Å². The van der Waals surface area contributed by atoms with Crippen molar-refractivity contribution in [3.63, 3.8) is 0 Å². The van der Waals surface area contributed by atoms with Gasteiger partial charge in [0.25, 0.3) is 5.91 Å². The summed E-state index contributed by atoms with van der Waals surface area (Å²) >= 11 is 0. The molecule has 1 aliphatic carbocycles. The Labute approximate surface area is 213 Å². The number of amides is 2. The molecule has 0 spiro atoms. The summed E-state index contributed by atoms with van der Waals surface area (Å²) in [5.74, 6) is 0.438. The summed E-state index contributed by atoms with van der Waals surface area (Å²) in [7, 11) is 0. The van der Waals surface area contributed by atoms with Crippen LogP contribution < -0.4 is 20.7 Å². The molecule has 3 aromatic carbocycles. The lowest BCUT2D eigenvalue weighted by molar-refractivity contribution is -0.114. The molecule has 0 bridgehead atoms. The maximum Gasteiger partial charge on any atom is 0.251 e. The number of rotatable bonds is 11. The van der Waals surface area contributed by atoms with Crippen LogP contribution in [0.4, 0.5) is 11.4 Å². The molecule has 3 aromatic rings. The van der Waals surface area contributed by atoms with Gasteiger partial charge in [0.15, 0.2) is 0 Å². The van der Waals surface area contributed by atoms with Crippen LogP contribution in [-0.2, 0) is 11.2 Å². The van der Waals surface area contributed by atoms with Crippen LogP contribution in [-0.4, -0.2) is 31.0 Å². The summed E-state index contributed by atoms with van der Waals surface area (Å²) in [4.78, 5) is 25.2. The molecule has 1 saturated carbocycles. The molecule has 0 radical (unpaired) electrons. The zero-order chi connectivity index (χ0) is 25.0. The number of hydrogen-bond donors (Lipinski definition) is 3. The predicted molar refractivity (Wildman–Crippen MR) is 145 cm³/mol. The molecule has 1 aliphatic rings. The first-order valence-electron chi connectivity index (χ1n) is 12.9. The fourth-order valence-electron chi connectivity index (χ4n) is 4.48. The molecular formula is C30H35N3O3. The fourth-order valence-corrected chi connectivity index (χ4v) is 4.48. The van der Waals surface area contributed by atoms with Crippen molar-refractivity contribution < 1.29 is 14.3 Å². The molecule has 1 fully saturated rings. The molecule has 36 heavy (non-hydrogen) atoms. The fraction of sp³-hybridized carbons (Fsp3) is 0.333. The van der Waals surface area contributed by atoms with Crippen molar-refractivity contribution in [1.29, 1.82) is 0 Å². The molecule has 0 aliphatic heterocycles. The van der Waals surface area contributed by atoms with Gasteiger partial charge in [0.1, 0.15) is 5.75 Å². The van der Waals surface area contributed by atoms with E-state index in [9.17, 15) is 9.59 Å². The molecule has 0 atom stereocenters.